The van der Waals surface area contributed by atoms with E-state index in [1.54, 1.807) is 19.6 Å². The molecule has 0 spiro atoms. The SMILES string of the molecule is COc1cccc(-c2cnoc2)c1. The highest BCUT2D eigenvalue weighted by molar-refractivity contribution is 5.62. The van der Waals surface area contributed by atoms with Crippen molar-refractivity contribution >= 4 is 0 Å². The highest BCUT2D eigenvalue weighted by Gasteiger charge is 2.00. The number of benzene rings is 1. The molecule has 13 heavy (non-hydrogen) atoms. The zero-order chi connectivity index (χ0) is 9.10. The van der Waals surface area contributed by atoms with Crippen molar-refractivity contribution in [3.05, 3.63) is 36.7 Å². The maximum Gasteiger partial charge on any atom is 0.131 e. The van der Waals surface area contributed by atoms with Crippen molar-refractivity contribution in [1.29, 1.82) is 0 Å². The Bertz CT molecular complexity index is 382. The molecule has 0 N–H and O–H groups in total. The third kappa shape index (κ3) is 1.54. The van der Waals surface area contributed by atoms with Gasteiger partial charge in [-0.2, -0.15) is 0 Å². The van der Waals surface area contributed by atoms with Crippen molar-refractivity contribution in [3.8, 4) is 16.9 Å². The molecule has 66 valence electrons. The van der Waals surface area contributed by atoms with E-state index in [4.69, 9.17) is 9.26 Å². The number of hydrogen-bond donors (Lipinski definition) is 0. The van der Waals surface area contributed by atoms with E-state index < -0.39 is 0 Å². The fourth-order valence-electron chi connectivity index (χ4n) is 1.15. The summed E-state index contributed by atoms with van der Waals surface area (Å²) in [5, 5.41) is 3.64. The van der Waals surface area contributed by atoms with Crippen LogP contribution in [0.1, 0.15) is 0 Å². The summed E-state index contributed by atoms with van der Waals surface area (Å²) in [6, 6.07) is 7.75. The minimum absolute atomic E-state index is 0.832. The first-order valence-electron chi connectivity index (χ1n) is 3.94. The minimum atomic E-state index is 0.832. The highest BCUT2D eigenvalue weighted by atomic mass is 16.5. The van der Waals surface area contributed by atoms with E-state index >= 15 is 0 Å². The number of rotatable bonds is 2. The summed E-state index contributed by atoms with van der Waals surface area (Å²) in [6.07, 6.45) is 3.28. The van der Waals surface area contributed by atoms with Crippen LogP contribution in [0.5, 0.6) is 5.75 Å². The molecule has 1 aromatic heterocycles. The molecule has 3 heteroatoms. The van der Waals surface area contributed by atoms with Gasteiger partial charge in [0.1, 0.15) is 12.0 Å². The van der Waals surface area contributed by atoms with Crippen molar-refractivity contribution in [2.45, 2.75) is 0 Å². The summed E-state index contributed by atoms with van der Waals surface area (Å²) in [4.78, 5) is 0. The van der Waals surface area contributed by atoms with Crippen molar-refractivity contribution in [3.63, 3.8) is 0 Å². The molecule has 0 aliphatic carbocycles. The Morgan fingerprint density at radius 2 is 2.23 bits per heavy atom. The van der Waals surface area contributed by atoms with Crippen LogP contribution in [0.2, 0.25) is 0 Å². The lowest BCUT2D eigenvalue weighted by Crippen LogP contribution is -1.82. The predicted octanol–water partition coefficient (Wildman–Crippen LogP) is 2.35. The molecule has 0 aliphatic heterocycles. The zero-order valence-electron chi connectivity index (χ0n) is 7.23. The lowest BCUT2D eigenvalue weighted by atomic mass is 10.1. The molecule has 2 rings (SSSR count). The molecule has 2 aromatic rings. The molecular formula is C10H9NO2. The molecule has 0 aliphatic rings. The van der Waals surface area contributed by atoms with Gasteiger partial charge >= 0.3 is 0 Å². The number of nitrogens with zero attached hydrogens (tertiary/aromatic N) is 1. The summed E-state index contributed by atoms with van der Waals surface area (Å²) in [5.41, 5.74) is 2.00. The van der Waals surface area contributed by atoms with Gasteiger partial charge in [0, 0.05) is 5.56 Å². The lowest BCUT2D eigenvalue weighted by Gasteiger charge is -2.00. The summed E-state index contributed by atoms with van der Waals surface area (Å²) >= 11 is 0. The van der Waals surface area contributed by atoms with E-state index in [1.807, 2.05) is 24.3 Å². The van der Waals surface area contributed by atoms with Crippen LogP contribution < -0.4 is 4.74 Å². The Balaban J connectivity index is 2.41. The minimum Gasteiger partial charge on any atom is -0.497 e. The maximum atomic E-state index is 5.10. The second-order valence-corrected chi connectivity index (χ2v) is 2.65. The Morgan fingerprint density at radius 3 is 2.92 bits per heavy atom. The normalized spacial score (nSPS) is 9.92. The maximum absolute atomic E-state index is 5.10. The van der Waals surface area contributed by atoms with Gasteiger partial charge in [-0.15, -0.1) is 0 Å². The summed E-state index contributed by atoms with van der Waals surface area (Å²) < 4.78 is 9.85. The van der Waals surface area contributed by atoms with E-state index in [2.05, 4.69) is 5.16 Å². The summed E-state index contributed by atoms with van der Waals surface area (Å²) in [5.74, 6) is 0.832. The van der Waals surface area contributed by atoms with Gasteiger partial charge in [-0.05, 0) is 17.7 Å². The highest BCUT2D eigenvalue weighted by Crippen LogP contribution is 2.22. The van der Waals surface area contributed by atoms with Crippen molar-refractivity contribution in [1.82, 2.24) is 5.16 Å². The Kier molecular flexibility index (Phi) is 2.00. The lowest BCUT2D eigenvalue weighted by molar-refractivity contribution is 0.415. The topological polar surface area (TPSA) is 35.3 Å². The van der Waals surface area contributed by atoms with Crippen LogP contribution in [0, 0.1) is 0 Å². The van der Waals surface area contributed by atoms with Crippen LogP contribution in [0.3, 0.4) is 0 Å². The Labute approximate surface area is 75.9 Å². The standard InChI is InChI=1S/C10H9NO2/c1-12-10-4-2-3-8(5-10)9-6-11-13-7-9/h2-7H,1H3. The van der Waals surface area contributed by atoms with Gasteiger partial charge in [0.05, 0.1) is 13.3 Å². The van der Waals surface area contributed by atoms with Gasteiger partial charge in [-0.1, -0.05) is 17.3 Å². The van der Waals surface area contributed by atoms with Gasteiger partial charge in [0.15, 0.2) is 0 Å². The van der Waals surface area contributed by atoms with E-state index in [1.165, 1.54) is 0 Å². The van der Waals surface area contributed by atoms with Crippen LogP contribution in [0.4, 0.5) is 0 Å². The molecule has 0 saturated carbocycles. The Morgan fingerprint density at radius 1 is 1.31 bits per heavy atom. The molecule has 0 amide bonds. The Hall–Kier alpha value is -1.77. The van der Waals surface area contributed by atoms with E-state index in [0.717, 1.165) is 16.9 Å². The monoisotopic (exact) mass is 175 g/mol. The zero-order valence-corrected chi connectivity index (χ0v) is 7.23. The molecule has 3 nitrogen and oxygen atoms in total. The van der Waals surface area contributed by atoms with E-state index in [0.29, 0.717) is 0 Å². The first-order chi connectivity index (χ1) is 6.40. The molecule has 0 bridgehead atoms. The molecular weight excluding hydrogens is 166 g/mol. The fourth-order valence-corrected chi connectivity index (χ4v) is 1.15. The third-order valence-corrected chi connectivity index (χ3v) is 1.84. The first kappa shape index (κ1) is 7.86. The van der Waals surface area contributed by atoms with Gasteiger partial charge in [-0.25, -0.2) is 0 Å². The molecule has 0 fully saturated rings. The van der Waals surface area contributed by atoms with Gasteiger partial charge < -0.3 is 9.26 Å². The number of aromatic nitrogens is 1. The average molecular weight is 175 g/mol. The molecule has 0 radical (unpaired) electrons. The van der Waals surface area contributed by atoms with Crippen LogP contribution in [0.15, 0.2) is 41.2 Å². The van der Waals surface area contributed by atoms with Crippen molar-refractivity contribution in [2.24, 2.45) is 0 Å². The predicted molar refractivity (Wildman–Crippen MR) is 48.5 cm³/mol. The van der Waals surface area contributed by atoms with Crippen LogP contribution in [0.25, 0.3) is 11.1 Å². The van der Waals surface area contributed by atoms with Crippen LogP contribution >= 0.6 is 0 Å². The average Bonchev–Trinajstić information content (AvgIpc) is 2.71. The van der Waals surface area contributed by atoms with Gasteiger partial charge in [-0.3, -0.25) is 0 Å². The quantitative estimate of drug-likeness (QED) is 0.702. The molecule has 0 unspecified atom stereocenters. The first-order valence-corrected chi connectivity index (χ1v) is 3.94. The van der Waals surface area contributed by atoms with Crippen LogP contribution in [-0.2, 0) is 0 Å². The van der Waals surface area contributed by atoms with Crippen molar-refractivity contribution in [2.75, 3.05) is 7.11 Å². The van der Waals surface area contributed by atoms with Gasteiger partial charge in [0.25, 0.3) is 0 Å². The fraction of sp³-hybridized carbons (Fsp3) is 0.100. The number of hydrogen-bond acceptors (Lipinski definition) is 3. The smallest absolute Gasteiger partial charge is 0.131 e. The molecule has 1 heterocycles. The third-order valence-electron chi connectivity index (χ3n) is 1.84. The largest absolute Gasteiger partial charge is 0.497 e. The van der Waals surface area contributed by atoms with E-state index in [-0.39, 0.29) is 0 Å². The van der Waals surface area contributed by atoms with Crippen molar-refractivity contribution < 1.29 is 9.26 Å². The number of methoxy groups -OCH3 is 1. The van der Waals surface area contributed by atoms with Gasteiger partial charge in [0.2, 0.25) is 0 Å². The number of ether oxygens (including phenoxy) is 1. The second-order valence-electron chi connectivity index (χ2n) is 2.65. The van der Waals surface area contributed by atoms with E-state index in [9.17, 15) is 0 Å². The summed E-state index contributed by atoms with van der Waals surface area (Å²) in [6.45, 7) is 0. The molecule has 1 aromatic carbocycles. The molecule has 0 saturated heterocycles. The molecule has 0 atom stereocenters. The summed E-state index contributed by atoms with van der Waals surface area (Å²) in [7, 11) is 1.65. The van der Waals surface area contributed by atoms with Crippen LogP contribution in [-0.4, -0.2) is 12.3 Å². The second kappa shape index (κ2) is 3.31.